The van der Waals surface area contributed by atoms with E-state index in [4.69, 9.17) is 15.7 Å². The molecule has 3 heteroatoms. The summed E-state index contributed by atoms with van der Waals surface area (Å²) in [6.45, 7) is 0.527. The van der Waals surface area contributed by atoms with Crippen LogP contribution in [0.5, 0.6) is 0 Å². The Morgan fingerprint density at radius 2 is 2.16 bits per heavy atom. The molecule has 0 amide bonds. The molecule has 0 aromatic heterocycles. The fraction of sp³-hybridized carbons (Fsp3) is 0.312. The molecule has 1 heterocycles. The molecule has 19 heavy (non-hydrogen) atoms. The summed E-state index contributed by atoms with van der Waals surface area (Å²) < 4.78 is 4.79. The van der Waals surface area contributed by atoms with E-state index in [0.29, 0.717) is 18.2 Å². The van der Waals surface area contributed by atoms with E-state index in [2.05, 4.69) is 24.3 Å². The predicted molar refractivity (Wildman–Crippen MR) is 75.1 cm³/mol. The Kier molecular flexibility index (Phi) is 4.77. The molecule has 2 N–H and O–H groups in total. The van der Waals surface area contributed by atoms with Gasteiger partial charge in [0.15, 0.2) is 0 Å². The van der Waals surface area contributed by atoms with Crippen LogP contribution in [0.3, 0.4) is 0 Å². The molecule has 98 valence electrons. The maximum Gasteiger partial charge on any atom is 0.107 e. The van der Waals surface area contributed by atoms with Gasteiger partial charge in [-0.05, 0) is 42.5 Å². The number of nitrogens with two attached hydrogens (primary N) is 1. The number of aryl methyl sites for hydroxylation is 1. The summed E-state index contributed by atoms with van der Waals surface area (Å²) in [6.07, 6.45) is 8.52. The SMILES string of the molecule is N#CC1=CCOC=C1.NC1CCCc2ccccc21. The second-order valence-electron chi connectivity index (χ2n) is 4.60. The van der Waals surface area contributed by atoms with Crippen LogP contribution in [0, 0.1) is 11.3 Å². The summed E-state index contributed by atoms with van der Waals surface area (Å²) in [5, 5.41) is 8.27. The molecule has 3 rings (SSSR count). The van der Waals surface area contributed by atoms with E-state index in [1.54, 1.807) is 12.2 Å². The number of nitrogens with zero attached hydrogens (tertiary/aromatic N) is 1. The number of nitriles is 1. The summed E-state index contributed by atoms with van der Waals surface area (Å²) in [4.78, 5) is 0. The van der Waals surface area contributed by atoms with Crippen LogP contribution in [-0.2, 0) is 11.2 Å². The van der Waals surface area contributed by atoms with Crippen molar-refractivity contribution in [3.8, 4) is 6.07 Å². The van der Waals surface area contributed by atoms with Gasteiger partial charge in [0.1, 0.15) is 6.61 Å². The Morgan fingerprint density at radius 1 is 1.32 bits per heavy atom. The normalized spacial score (nSPS) is 20.0. The number of allylic oxidation sites excluding steroid dienone is 2. The molecule has 1 aromatic carbocycles. The smallest absolute Gasteiger partial charge is 0.107 e. The molecular formula is C16H18N2O. The Morgan fingerprint density at radius 3 is 2.79 bits per heavy atom. The molecule has 0 spiro atoms. The molecule has 3 nitrogen and oxygen atoms in total. The second kappa shape index (κ2) is 6.77. The number of ether oxygens (including phenoxy) is 1. The van der Waals surface area contributed by atoms with E-state index in [1.165, 1.54) is 30.2 Å². The number of hydrogen-bond donors (Lipinski definition) is 1. The Bertz CT molecular complexity index is 526. The fourth-order valence-electron chi connectivity index (χ4n) is 2.26. The minimum absolute atomic E-state index is 0.292. The third kappa shape index (κ3) is 3.70. The minimum Gasteiger partial charge on any atom is -0.497 e. The standard InChI is InChI=1S/C10H13N.C6H5NO/c11-10-7-3-5-8-4-1-2-6-9(8)10;7-5-6-1-3-8-4-2-6/h1-2,4,6,10H,3,5,7,11H2;1-3H,4H2. The summed E-state index contributed by atoms with van der Waals surface area (Å²) in [7, 11) is 0. The summed E-state index contributed by atoms with van der Waals surface area (Å²) in [5.74, 6) is 0. The van der Waals surface area contributed by atoms with E-state index < -0.39 is 0 Å². The van der Waals surface area contributed by atoms with Gasteiger partial charge >= 0.3 is 0 Å². The van der Waals surface area contributed by atoms with Crippen LogP contribution < -0.4 is 5.73 Å². The van der Waals surface area contributed by atoms with Gasteiger partial charge in [0, 0.05) is 6.04 Å². The zero-order chi connectivity index (χ0) is 13.5. The van der Waals surface area contributed by atoms with Crippen molar-refractivity contribution in [3.63, 3.8) is 0 Å². The molecule has 1 aromatic rings. The van der Waals surface area contributed by atoms with E-state index >= 15 is 0 Å². The number of hydrogen-bond acceptors (Lipinski definition) is 3. The molecule has 0 saturated heterocycles. The zero-order valence-electron chi connectivity index (χ0n) is 10.9. The first-order valence-corrected chi connectivity index (χ1v) is 6.53. The van der Waals surface area contributed by atoms with Gasteiger partial charge in [-0.1, -0.05) is 24.3 Å². The lowest BCUT2D eigenvalue weighted by molar-refractivity contribution is 0.285. The van der Waals surface area contributed by atoms with Gasteiger partial charge < -0.3 is 10.5 Å². The highest BCUT2D eigenvalue weighted by Crippen LogP contribution is 2.26. The Labute approximate surface area is 114 Å². The van der Waals surface area contributed by atoms with Crippen molar-refractivity contribution in [3.05, 3.63) is 59.4 Å². The molecule has 1 atom stereocenters. The molecule has 1 aliphatic carbocycles. The lowest BCUT2D eigenvalue weighted by atomic mass is 9.88. The highest BCUT2D eigenvalue weighted by molar-refractivity contribution is 5.33. The predicted octanol–water partition coefficient (Wildman–Crippen LogP) is 3.00. The van der Waals surface area contributed by atoms with Crippen LogP contribution in [0.25, 0.3) is 0 Å². The summed E-state index contributed by atoms with van der Waals surface area (Å²) in [6, 6.07) is 10.8. The first-order valence-electron chi connectivity index (χ1n) is 6.53. The number of rotatable bonds is 0. The molecule has 0 bridgehead atoms. The van der Waals surface area contributed by atoms with Crippen molar-refractivity contribution in [2.24, 2.45) is 5.73 Å². The van der Waals surface area contributed by atoms with Gasteiger partial charge in [0.2, 0.25) is 0 Å². The van der Waals surface area contributed by atoms with Crippen molar-refractivity contribution >= 4 is 0 Å². The van der Waals surface area contributed by atoms with Crippen LogP contribution in [-0.4, -0.2) is 6.61 Å². The van der Waals surface area contributed by atoms with E-state index in [0.717, 1.165) is 6.42 Å². The van der Waals surface area contributed by atoms with Crippen LogP contribution in [0.15, 0.2) is 48.3 Å². The lowest BCUT2D eigenvalue weighted by Gasteiger charge is -2.21. The molecule has 1 aliphatic heterocycles. The fourth-order valence-corrected chi connectivity index (χ4v) is 2.26. The first kappa shape index (κ1) is 13.4. The highest BCUT2D eigenvalue weighted by atomic mass is 16.5. The topological polar surface area (TPSA) is 59.0 Å². The van der Waals surface area contributed by atoms with Crippen molar-refractivity contribution in [1.29, 1.82) is 5.26 Å². The van der Waals surface area contributed by atoms with Crippen LogP contribution in [0.2, 0.25) is 0 Å². The van der Waals surface area contributed by atoms with E-state index in [1.807, 2.05) is 6.07 Å². The third-order valence-corrected chi connectivity index (χ3v) is 3.29. The molecule has 0 fully saturated rings. The second-order valence-corrected chi connectivity index (χ2v) is 4.60. The maximum atomic E-state index is 8.27. The van der Waals surface area contributed by atoms with Crippen molar-refractivity contribution in [2.45, 2.75) is 25.3 Å². The largest absolute Gasteiger partial charge is 0.497 e. The number of fused-ring (bicyclic) bond motifs is 1. The molecule has 0 saturated carbocycles. The quantitative estimate of drug-likeness (QED) is 0.774. The molecule has 0 radical (unpaired) electrons. The average molecular weight is 254 g/mol. The van der Waals surface area contributed by atoms with Gasteiger partial charge in [-0.25, -0.2) is 0 Å². The van der Waals surface area contributed by atoms with Crippen molar-refractivity contribution in [2.75, 3.05) is 6.61 Å². The van der Waals surface area contributed by atoms with Gasteiger partial charge in [-0.3, -0.25) is 0 Å². The zero-order valence-corrected chi connectivity index (χ0v) is 10.9. The van der Waals surface area contributed by atoms with Gasteiger partial charge in [-0.15, -0.1) is 0 Å². The summed E-state index contributed by atoms with van der Waals surface area (Å²) >= 11 is 0. The molecule has 1 unspecified atom stereocenters. The Hall–Kier alpha value is -2.05. The van der Waals surface area contributed by atoms with Crippen molar-refractivity contribution in [1.82, 2.24) is 0 Å². The molecule has 2 aliphatic rings. The van der Waals surface area contributed by atoms with Gasteiger partial charge in [0.05, 0.1) is 17.9 Å². The number of benzene rings is 1. The van der Waals surface area contributed by atoms with Gasteiger partial charge in [-0.2, -0.15) is 5.26 Å². The third-order valence-electron chi connectivity index (χ3n) is 3.29. The average Bonchev–Trinajstić information content (AvgIpc) is 2.49. The van der Waals surface area contributed by atoms with Crippen LogP contribution >= 0.6 is 0 Å². The van der Waals surface area contributed by atoms with Crippen LogP contribution in [0.4, 0.5) is 0 Å². The van der Waals surface area contributed by atoms with Crippen LogP contribution in [0.1, 0.15) is 30.0 Å². The lowest BCUT2D eigenvalue weighted by Crippen LogP contribution is -2.16. The maximum absolute atomic E-state index is 8.27. The summed E-state index contributed by atoms with van der Waals surface area (Å²) in [5.41, 5.74) is 9.43. The highest BCUT2D eigenvalue weighted by Gasteiger charge is 2.14. The monoisotopic (exact) mass is 254 g/mol. The molecular weight excluding hydrogens is 236 g/mol. The van der Waals surface area contributed by atoms with E-state index in [9.17, 15) is 0 Å². The van der Waals surface area contributed by atoms with E-state index in [-0.39, 0.29) is 0 Å². The first-order chi connectivity index (χ1) is 9.31. The Balaban J connectivity index is 0.000000148. The van der Waals surface area contributed by atoms with Crippen molar-refractivity contribution < 1.29 is 4.74 Å². The van der Waals surface area contributed by atoms with Gasteiger partial charge in [0.25, 0.3) is 0 Å². The minimum atomic E-state index is 0.292.